The predicted octanol–water partition coefficient (Wildman–Crippen LogP) is 1.72. The summed E-state index contributed by atoms with van der Waals surface area (Å²) in [5, 5.41) is 120. The average molecular weight is 1320 g/mol. The molecule has 24 heteroatoms. The van der Waals surface area contributed by atoms with Crippen LogP contribution in [-0.4, -0.2) is 248 Å². The van der Waals surface area contributed by atoms with Gasteiger partial charge < -0.3 is 104 Å². The topological polar surface area (TPSA) is 341 Å². The summed E-state index contributed by atoms with van der Waals surface area (Å²) in [6.45, 7) is 8.08. The first-order chi connectivity index (χ1) is 45.7. The fourth-order valence-electron chi connectivity index (χ4n) is 15.3. The number of rotatable bonds is 16. The zero-order valence-electron chi connectivity index (χ0n) is 53.9. The number of anilines is 1. The Morgan fingerprint density at radius 2 is 1.03 bits per heavy atom. The van der Waals surface area contributed by atoms with E-state index < -0.39 is 146 Å². The molecular weight excluding hydrogens is 1230 g/mol. The number of carbonyl (C=O) groups excluding carboxylic acids is 2. The number of allylic oxidation sites excluding steroid dienone is 8. The van der Waals surface area contributed by atoms with Crippen molar-refractivity contribution in [2.75, 3.05) is 57.5 Å². The van der Waals surface area contributed by atoms with Crippen molar-refractivity contribution < 1.29 is 103 Å². The zero-order valence-corrected chi connectivity index (χ0v) is 53.9. The summed E-state index contributed by atoms with van der Waals surface area (Å²) < 4.78 is 50.3. The van der Waals surface area contributed by atoms with E-state index in [2.05, 4.69) is 108 Å². The van der Waals surface area contributed by atoms with Crippen molar-refractivity contribution in [1.29, 1.82) is 0 Å². The molecule has 0 aliphatic carbocycles. The molecular formula is C71H91N4O20+. The van der Waals surface area contributed by atoms with E-state index in [0.29, 0.717) is 25.9 Å². The lowest BCUT2D eigenvalue weighted by atomic mass is 9.79. The minimum absolute atomic E-state index is 0.0504. The Balaban J connectivity index is 0.738. The van der Waals surface area contributed by atoms with Gasteiger partial charge in [0.1, 0.15) is 97.7 Å². The van der Waals surface area contributed by atoms with Gasteiger partial charge in [0.25, 0.3) is 0 Å². The number of fused-ring (bicyclic) bond motifs is 6. The van der Waals surface area contributed by atoms with Crippen LogP contribution in [0.1, 0.15) is 77.3 Å². The standard InChI is InChI=1S/C71H90N4O20/c1-70(2)50(74(42-26-24-38-16-10-12-18-40(38)54(42)70)30-28-52(78)72-34-46-64-60(84)62(86)68(92-46)95-67-49(37-77)91-45(21-15-32-88-64)57(81)59(67)83)22-8-6-5-7-9-23-51-71(3,4)55-41-19-13-11-17-39(41)25-27-43(55)75(51)31-29-53(79)73-35-47-66-58(82)56(80)44(90-47)20-14-33-89-65-48(36-76)93-69(94-66)63(87)61(65)85/h5-13,16-19,22-27,44-49,56-69,76-77,80-87H,14-15,20-21,28-37H2,1-4H3,(H-,72,73,78,79)/p+1/t44-,45-,46-,47-,48-,49-,56+,57+,58-,59-,60-,61-,62-,63-,64-,65-,66-,67-,68?,69?/m1/s1. The first kappa shape index (κ1) is 69.0. The fourth-order valence-corrected chi connectivity index (χ4v) is 15.3. The Morgan fingerprint density at radius 3 is 1.65 bits per heavy atom. The molecule has 14 heterocycles. The van der Waals surface area contributed by atoms with E-state index in [1.807, 2.05) is 54.6 Å². The van der Waals surface area contributed by atoms with Crippen LogP contribution in [0, 0.1) is 0 Å². The van der Waals surface area contributed by atoms with Gasteiger partial charge in [0, 0.05) is 73.8 Å². The summed E-state index contributed by atoms with van der Waals surface area (Å²) in [7, 11) is 0. The van der Waals surface area contributed by atoms with Gasteiger partial charge in [0.15, 0.2) is 24.8 Å². The molecule has 14 aliphatic rings. The maximum Gasteiger partial charge on any atom is 0.226 e. The summed E-state index contributed by atoms with van der Waals surface area (Å²) in [6, 6.07) is 24.8. The van der Waals surface area contributed by atoms with Gasteiger partial charge in [-0.3, -0.25) is 9.59 Å². The largest absolute Gasteiger partial charge is 0.394 e. The van der Waals surface area contributed by atoms with Crippen LogP contribution in [0.15, 0.2) is 121 Å². The molecule has 514 valence electrons. The van der Waals surface area contributed by atoms with Crippen LogP contribution in [0.4, 0.5) is 11.4 Å². The molecule has 20 atom stereocenters. The molecule has 24 nitrogen and oxygen atoms in total. The van der Waals surface area contributed by atoms with Crippen molar-refractivity contribution in [2.24, 2.45) is 0 Å². The fraction of sp³-hybridized carbons (Fsp3) is 0.563. The molecule has 4 aromatic rings. The number of amides is 2. The molecule has 12 N–H and O–H groups in total. The molecule has 8 bridgehead atoms. The predicted molar refractivity (Wildman–Crippen MR) is 346 cm³/mol. The highest BCUT2D eigenvalue weighted by Crippen LogP contribution is 2.51. The summed E-state index contributed by atoms with van der Waals surface area (Å²) in [4.78, 5) is 30.2. The molecule has 0 spiro atoms. The molecule has 12 saturated heterocycles. The maximum atomic E-state index is 14.0. The number of carbonyl (C=O) groups is 2. The highest BCUT2D eigenvalue weighted by atomic mass is 16.7. The van der Waals surface area contributed by atoms with E-state index in [-0.39, 0.29) is 63.8 Å². The number of aliphatic hydroxyl groups excluding tert-OH is 10. The lowest BCUT2D eigenvalue weighted by Crippen LogP contribution is -2.65. The second-order valence-corrected chi connectivity index (χ2v) is 27.0. The molecule has 2 amide bonds. The monoisotopic (exact) mass is 1320 g/mol. The van der Waals surface area contributed by atoms with Gasteiger partial charge in [0.05, 0.1) is 37.3 Å². The minimum atomic E-state index is -1.64. The van der Waals surface area contributed by atoms with Crippen molar-refractivity contribution in [3.8, 4) is 0 Å². The lowest BCUT2D eigenvalue weighted by molar-refractivity contribution is -0.436. The van der Waals surface area contributed by atoms with E-state index >= 15 is 0 Å². The van der Waals surface area contributed by atoms with Gasteiger partial charge in [-0.2, -0.15) is 4.58 Å². The van der Waals surface area contributed by atoms with Gasteiger partial charge >= 0.3 is 0 Å². The quantitative estimate of drug-likeness (QED) is 0.0561. The van der Waals surface area contributed by atoms with E-state index in [1.54, 1.807) is 0 Å². The first-order valence-electron chi connectivity index (χ1n) is 33.3. The van der Waals surface area contributed by atoms with Crippen molar-refractivity contribution in [2.45, 2.75) is 200 Å². The molecule has 2 unspecified atom stereocenters. The average Bonchev–Trinajstić information content (AvgIpc) is 1.57. The van der Waals surface area contributed by atoms with E-state index in [9.17, 15) is 60.7 Å². The van der Waals surface area contributed by atoms with Crippen LogP contribution in [0.2, 0.25) is 0 Å². The highest BCUT2D eigenvalue weighted by molar-refractivity contribution is 6.07. The Hall–Kier alpha value is -5.95. The molecule has 14 aliphatic heterocycles. The van der Waals surface area contributed by atoms with Crippen LogP contribution >= 0.6 is 0 Å². The van der Waals surface area contributed by atoms with Crippen molar-refractivity contribution in [3.05, 3.63) is 132 Å². The van der Waals surface area contributed by atoms with Crippen LogP contribution < -0.4 is 15.5 Å². The smallest absolute Gasteiger partial charge is 0.226 e. The van der Waals surface area contributed by atoms with Gasteiger partial charge in [-0.1, -0.05) is 98.8 Å². The zero-order chi connectivity index (χ0) is 67.0. The highest BCUT2D eigenvalue weighted by Gasteiger charge is 2.54. The summed E-state index contributed by atoms with van der Waals surface area (Å²) in [5.41, 5.74) is 5.09. The second kappa shape index (κ2) is 29.2. The first-order valence-corrected chi connectivity index (χ1v) is 33.3. The van der Waals surface area contributed by atoms with E-state index in [4.69, 9.17) is 37.9 Å². The molecule has 12 fully saturated rings. The summed E-state index contributed by atoms with van der Waals surface area (Å²) in [6.07, 6.45) is -10.4. The summed E-state index contributed by atoms with van der Waals surface area (Å²) >= 11 is 0. The minimum Gasteiger partial charge on any atom is -0.394 e. The number of hydrogen-bond donors (Lipinski definition) is 12. The number of hydrogen-bond acceptors (Lipinski definition) is 21. The SMILES string of the molecule is CC1(C)C(/C=C/C=C/C=C/C=C2/N(CCC(=O)NC[C@H]3OC4O[C@H]5[C@H](O)[C@@H](O)[C@@H](CCCO[C@H]3[C@H](O)[C@H]4O)O[C@@H]5CO)c3ccc4ccccc4c3C2(C)C)=[N+](CCC(=O)NC[C@H]2O[C@@H]3CCCO[C@H]4[C@H](O)[C@@H](O)C(O[C@H]2[C@H](O)[C@H]3O)O[C@@H]4CO)c2ccc3ccccc3c21. The summed E-state index contributed by atoms with van der Waals surface area (Å²) in [5.74, 6) is -0.635. The second-order valence-electron chi connectivity index (χ2n) is 27.0. The van der Waals surface area contributed by atoms with Gasteiger partial charge in [-0.25, -0.2) is 0 Å². The van der Waals surface area contributed by atoms with Gasteiger partial charge in [0.2, 0.25) is 17.5 Å². The Labute approximate surface area is 551 Å². The Bertz CT molecular complexity index is 3550. The third-order valence-electron chi connectivity index (χ3n) is 20.3. The van der Waals surface area contributed by atoms with Crippen LogP contribution in [-0.2, 0) is 58.3 Å². The van der Waals surface area contributed by atoms with Crippen molar-refractivity contribution in [1.82, 2.24) is 10.6 Å². The molecule has 0 aromatic heterocycles. The van der Waals surface area contributed by atoms with Crippen LogP contribution in [0.5, 0.6) is 0 Å². The molecule has 18 rings (SSSR count). The van der Waals surface area contributed by atoms with Gasteiger partial charge in [-0.15, -0.1) is 0 Å². The van der Waals surface area contributed by atoms with Crippen molar-refractivity contribution in [3.63, 3.8) is 0 Å². The third kappa shape index (κ3) is 13.7. The van der Waals surface area contributed by atoms with Crippen LogP contribution in [0.3, 0.4) is 0 Å². The third-order valence-corrected chi connectivity index (χ3v) is 20.3. The molecule has 0 radical (unpaired) electrons. The van der Waals surface area contributed by atoms with E-state index in [0.717, 1.165) is 55.5 Å². The Morgan fingerprint density at radius 1 is 0.537 bits per heavy atom. The number of aliphatic hydroxyl groups is 10. The maximum absolute atomic E-state index is 14.0. The normalized spacial score (nSPS) is 35.9. The van der Waals surface area contributed by atoms with Crippen LogP contribution in [0.25, 0.3) is 21.5 Å². The number of benzene rings is 4. The number of ether oxygens (including phenoxy) is 8. The van der Waals surface area contributed by atoms with Gasteiger partial charge in [-0.05, 0) is 84.8 Å². The molecule has 4 aromatic carbocycles. The number of nitrogens with one attached hydrogen (secondary N) is 2. The molecule has 0 saturated carbocycles. The lowest BCUT2D eigenvalue weighted by Gasteiger charge is -2.46. The van der Waals surface area contributed by atoms with Crippen molar-refractivity contribution >= 4 is 50.4 Å². The molecule has 95 heavy (non-hydrogen) atoms. The Kier molecular flexibility index (Phi) is 21.2. The van der Waals surface area contributed by atoms with E-state index in [1.165, 1.54) is 0 Å². The number of nitrogens with zero attached hydrogens (tertiary/aromatic N) is 2.